The van der Waals surface area contributed by atoms with E-state index >= 15 is 0 Å². The van der Waals surface area contributed by atoms with E-state index in [-0.39, 0.29) is 5.54 Å². The number of furan rings is 1. The molecule has 1 saturated heterocycles. The van der Waals surface area contributed by atoms with Gasteiger partial charge in [0, 0.05) is 12.1 Å². The zero-order valence-corrected chi connectivity index (χ0v) is 8.58. The van der Waals surface area contributed by atoms with Crippen LogP contribution in [0, 0.1) is 0 Å². The minimum absolute atomic E-state index is 0.116. The van der Waals surface area contributed by atoms with Crippen molar-refractivity contribution < 1.29 is 9.15 Å². The Hall–Kier alpha value is -0.800. The van der Waals surface area contributed by atoms with Crippen LogP contribution in [0.2, 0.25) is 0 Å². The SMILES string of the molecule is CC1(NCc2ccco2)CCCOC1. The van der Waals surface area contributed by atoms with Crippen LogP contribution in [0.1, 0.15) is 25.5 Å². The highest BCUT2D eigenvalue weighted by molar-refractivity contribution is 4.99. The zero-order chi connectivity index (χ0) is 9.86. The lowest BCUT2D eigenvalue weighted by atomic mass is 9.95. The smallest absolute Gasteiger partial charge is 0.117 e. The van der Waals surface area contributed by atoms with Gasteiger partial charge in [-0.15, -0.1) is 0 Å². The summed E-state index contributed by atoms with van der Waals surface area (Å²) < 4.78 is 10.7. The summed E-state index contributed by atoms with van der Waals surface area (Å²) in [5.41, 5.74) is 0.116. The molecule has 1 aliphatic rings. The van der Waals surface area contributed by atoms with Crippen molar-refractivity contribution in [2.24, 2.45) is 0 Å². The second-order valence-electron chi connectivity index (χ2n) is 4.15. The Morgan fingerprint density at radius 1 is 1.57 bits per heavy atom. The van der Waals surface area contributed by atoms with Crippen LogP contribution in [-0.4, -0.2) is 18.8 Å². The van der Waals surface area contributed by atoms with Gasteiger partial charge in [-0.25, -0.2) is 0 Å². The number of hydrogen-bond acceptors (Lipinski definition) is 3. The fourth-order valence-electron chi connectivity index (χ4n) is 1.79. The molecule has 14 heavy (non-hydrogen) atoms. The van der Waals surface area contributed by atoms with Gasteiger partial charge in [-0.05, 0) is 31.9 Å². The molecule has 3 heteroatoms. The summed E-state index contributed by atoms with van der Waals surface area (Å²) in [6.07, 6.45) is 4.02. The van der Waals surface area contributed by atoms with Crippen LogP contribution < -0.4 is 5.32 Å². The first-order valence-electron chi connectivity index (χ1n) is 5.14. The van der Waals surface area contributed by atoms with Crippen molar-refractivity contribution in [3.63, 3.8) is 0 Å². The Labute approximate surface area is 84.4 Å². The van der Waals surface area contributed by atoms with Gasteiger partial charge in [-0.2, -0.15) is 0 Å². The van der Waals surface area contributed by atoms with Crippen LogP contribution in [0.5, 0.6) is 0 Å². The standard InChI is InChI=1S/C11H17NO2/c1-11(5-3-6-13-9-11)12-8-10-4-2-7-14-10/h2,4,7,12H,3,5-6,8-9H2,1H3. The average Bonchev–Trinajstić information content (AvgIpc) is 2.69. The second-order valence-corrected chi connectivity index (χ2v) is 4.15. The molecule has 1 N–H and O–H groups in total. The van der Waals surface area contributed by atoms with Crippen LogP contribution in [-0.2, 0) is 11.3 Å². The minimum Gasteiger partial charge on any atom is -0.468 e. The van der Waals surface area contributed by atoms with Crippen LogP contribution in [0.25, 0.3) is 0 Å². The molecule has 0 radical (unpaired) electrons. The van der Waals surface area contributed by atoms with Gasteiger partial charge < -0.3 is 14.5 Å². The maximum Gasteiger partial charge on any atom is 0.117 e. The molecule has 0 bridgehead atoms. The van der Waals surface area contributed by atoms with Crippen molar-refractivity contribution in [3.8, 4) is 0 Å². The summed E-state index contributed by atoms with van der Waals surface area (Å²) in [6, 6.07) is 3.90. The van der Waals surface area contributed by atoms with Crippen LogP contribution >= 0.6 is 0 Å². The normalized spacial score (nSPS) is 27.8. The Bertz CT molecular complexity index is 263. The fraction of sp³-hybridized carbons (Fsp3) is 0.636. The van der Waals surface area contributed by atoms with E-state index in [0.29, 0.717) is 0 Å². The summed E-state index contributed by atoms with van der Waals surface area (Å²) in [5.74, 6) is 0.983. The molecular formula is C11H17NO2. The van der Waals surface area contributed by atoms with Crippen LogP contribution in [0.3, 0.4) is 0 Å². The molecular weight excluding hydrogens is 178 g/mol. The highest BCUT2D eigenvalue weighted by Crippen LogP contribution is 2.18. The van der Waals surface area contributed by atoms with E-state index in [1.54, 1.807) is 6.26 Å². The third kappa shape index (κ3) is 2.36. The molecule has 0 aromatic carbocycles. The molecule has 0 amide bonds. The van der Waals surface area contributed by atoms with E-state index in [1.165, 1.54) is 6.42 Å². The molecule has 0 saturated carbocycles. The summed E-state index contributed by atoms with van der Waals surface area (Å²) in [5, 5.41) is 3.48. The largest absolute Gasteiger partial charge is 0.468 e. The lowest BCUT2D eigenvalue weighted by Crippen LogP contribution is -2.48. The quantitative estimate of drug-likeness (QED) is 0.800. The molecule has 1 unspecified atom stereocenters. The summed E-state index contributed by atoms with van der Waals surface area (Å²) in [4.78, 5) is 0. The summed E-state index contributed by atoms with van der Waals surface area (Å²) in [7, 11) is 0. The topological polar surface area (TPSA) is 34.4 Å². The van der Waals surface area contributed by atoms with Crippen molar-refractivity contribution in [1.82, 2.24) is 5.32 Å². The molecule has 0 spiro atoms. The van der Waals surface area contributed by atoms with Crippen LogP contribution in [0.4, 0.5) is 0 Å². The maximum atomic E-state index is 5.46. The molecule has 1 aromatic rings. The Kier molecular flexibility index (Phi) is 2.89. The predicted molar refractivity (Wildman–Crippen MR) is 54.0 cm³/mol. The highest BCUT2D eigenvalue weighted by atomic mass is 16.5. The highest BCUT2D eigenvalue weighted by Gasteiger charge is 2.26. The molecule has 1 aliphatic heterocycles. The molecule has 1 aromatic heterocycles. The van der Waals surface area contributed by atoms with Crippen molar-refractivity contribution in [2.75, 3.05) is 13.2 Å². The van der Waals surface area contributed by atoms with Crippen molar-refractivity contribution in [2.45, 2.75) is 31.8 Å². The van der Waals surface area contributed by atoms with Gasteiger partial charge in [0.25, 0.3) is 0 Å². The number of ether oxygens (including phenoxy) is 1. The lowest BCUT2D eigenvalue weighted by Gasteiger charge is -2.34. The van der Waals surface area contributed by atoms with E-state index in [2.05, 4.69) is 12.2 Å². The van der Waals surface area contributed by atoms with E-state index in [9.17, 15) is 0 Å². The summed E-state index contributed by atoms with van der Waals surface area (Å²) in [6.45, 7) is 4.69. The van der Waals surface area contributed by atoms with Gasteiger partial charge in [0.1, 0.15) is 5.76 Å². The molecule has 2 heterocycles. The summed E-state index contributed by atoms with van der Waals surface area (Å²) >= 11 is 0. The van der Waals surface area contributed by atoms with Crippen molar-refractivity contribution in [1.29, 1.82) is 0 Å². The first-order chi connectivity index (χ1) is 6.79. The molecule has 78 valence electrons. The van der Waals surface area contributed by atoms with E-state index in [1.807, 2.05) is 12.1 Å². The first kappa shape index (κ1) is 9.74. The molecule has 1 fully saturated rings. The van der Waals surface area contributed by atoms with Crippen LogP contribution in [0.15, 0.2) is 22.8 Å². The van der Waals surface area contributed by atoms with Gasteiger partial charge in [0.15, 0.2) is 0 Å². The Balaban J connectivity index is 1.84. The van der Waals surface area contributed by atoms with Crippen molar-refractivity contribution in [3.05, 3.63) is 24.2 Å². The first-order valence-corrected chi connectivity index (χ1v) is 5.14. The van der Waals surface area contributed by atoms with Gasteiger partial charge in [-0.3, -0.25) is 0 Å². The van der Waals surface area contributed by atoms with Crippen molar-refractivity contribution >= 4 is 0 Å². The van der Waals surface area contributed by atoms with Gasteiger partial charge in [-0.1, -0.05) is 0 Å². The van der Waals surface area contributed by atoms with Gasteiger partial charge >= 0.3 is 0 Å². The third-order valence-corrected chi connectivity index (χ3v) is 2.71. The van der Waals surface area contributed by atoms with E-state index < -0.39 is 0 Å². The molecule has 3 nitrogen and oxygen atoms in total. The third-order valence-electron chi connectivity index (χ3n) is 2.71. The average molecular weight is 195 g/mol. The van der Waals surface area contributed by atoms with Gasteiger partial charge in [0.05, 0.1) is 19.4 Å². The fourth-order valence-corrected chi connectivity index (χ4v) is 1.79. The molecule has 0 aliphatic carbocycles. The molecule has 2 rings (SSSR count). The predicted octanol–water partition coefficient (Wildman–Crippen LogP) is 1.94. The molecule has 1 atom stereocenters. The number of rotatable bonds is 3. The number of hydrogen-bond donors (Lipinski definition) is 1. The van der Waals surface area contributed by atoms with E-state index in [0.717, 1.165) is 31.9 Å². The monoisotopic (exact) mass is 195 g/mol. The second kappa shape index (κ2) is 4.15. The maximum absolute atomic E-state index is 5.46. The zero-order valence-electron chi connectivity index (χ0n) is 8.58. The van der Waals surface area contributed by atoms with E-state index in [4.69, 9.17) is 9.15 Å². The van der Waals surface area contributed by atoms with Gasteiger partial charge in [0.2, 0.25) is 0 Å². The minimum atomic E-state index is 0.116. The Morgan fingerprint density at radius 3 is 3.14 bits per heavy atom. The number of nitrogens with one attached hydrogen (secondary N) is 1. The lowest BCUT2D eigenvalue weighted by molar-refractivity contribution is 0.0270. The Morgan fingerprint density at radius 2 is 2.50 bits per heavy atom.